The van der Waals surface area contributed by atoms with Gasteiger partial charge in [0.25, 0.3) is 23.6 Å². The van der Waals surface area contributed by atoms with Crippen LogP contribution in [0.3, 0.4) is 0 Å². The molecule has 0 spiro atoms. The zero-order chi connectivity index (χ0) is 35.2. The number of methoxy groups -OCH3 is 2. The molecule has 2 saturated heterocycles. The van der Waals surface area contributed by atoms with Crippen LogP contribution < -0.4 is 14.5 Å². The molecule has 48 heavy (non-hydrogen) atoms. The van der Waals surface area contributed by atoms with Crippen molar-refractivity contribution in [1.29, 1.82) is 0 Å². The van der Waals surface area contributed by atoms with Crippen molar-refractivity contribution in [1.82, 2.24) is 14.9 Å². The number of fused-ring (bicyclic) bond motifs is 4. The van der Waals surface area contributed by atoms with E-state index in [0.717, 1.165) is 16.0 Å². The fraction of sp³-hybridized carbons (Fsp3) is 0.433. The smallest absolute Gasteiger partial charge is 0.433 e. The predicted molar refractivity (Wildman–Crippen MR) is 169 cm³/mol. The van der Waals surface area contributed by atoms with Gasteiger partial charge in [-0.15, -0.1) is 23.2 Å². The lowest BCUT2D eigenvalue weighted by Crippen LogP contribution is -2.60. The molecular weight excluding hydrogens is 772 g/mol. The lowest BCUT2D eigenvalue weighted by Gasteiger charge is -2.51. The third-order valence-electron chi connectivity index (χ3n) is 9.53. The Balaban J connectivity index is 1.51. The van der Waals surface area contributed by atoms with E-state index in [4.69, 9.17) is 44.3 Å². The number of nitrogens with zero attached hydrogens (tertiary/aromatic N) is 4. The topological polar surface area (TPSA) is 130 Å². The van der Waals surface area contributed by atoms with Crippen molar-refractivity contribution >= 4 is 80.2 Å². The van der Waals surface area contributed by atoms with Crippen LogP contribution in [0.5, 0.6) is 17.2 Å². The lowest BCUT2D eigenvalue weighted by molar-refractivity contribution is -0.142. The molecule has 6 rings (SSSR count). The van der Waals surface area contributed by atoms with Gasteiger partial charge in [-0.25, -0.2) is 4.98 Å². The standard InChI is InChI=1S/C30H25BrCl3F3N4O7/c1-39(23-16(32)6-7-19(38-23)30(35,36)37)41-24(43)14-5-4-13-15(20(14)25(41)44)10-28(33)26(45)40(11-31)27(46)29(28,34)22(13)21-17(47-2)8-12(42)9-18(21)48-3/h4,6-9,14-15,20,22,42H,5,10-11H2,1-3H3. The van der Waals surface area contributed by atoms with E-state index in [-0.39, 0.29) is 46.1 Å². The van der Waals surface area contributed by atoms with Gasteiger partial charge in [-0.1, -0.05) is 39.2 Å². The van der Waals surface area contributed by atoms with E-state index in [2.05, 4.69) is 20.9 Å². The first-order valence-corrected chi connectivity index (χ1v) is 16.5. The fourth-order valence-corrected chi connectivity index (χ4v) is 9.11. The number of halogens is 7. The number of hydrogen-bond acceptors (Lipinski definition) is 9. The zero-order valence-corrected chi connectivity index (χ0v) is 29.0. The number of anilines is 1. The first-order valence-electron chi connectivity index (χ1n) is 14.3. The molecule has 3 heterocycles. The Morgan fingerprint density at radius 1 is 1.06 bits per heavy atom. The molecule has 2 aromatic rings. The number of carbonyl (C=O) groups excluding carboxylic acids is 4. The third kappa shape index (κ3) is 4.63. The number of alkyl halides is 6. The molecule has 1 saturated carbocycles. The molecule has 0 bridgehead atoms. The average Bonchev–Trinajstić information content (AvgIpc) is 3.37. The van der Waals surface area contributed by atoms with E-state index in [1.807, 2.05) is 0 Å². The van der Waals surface area contributed by atoms with Crippen LogP contribution in [0.15, 0.2) is 35.9 Å². The second-order valence-corrected chi connectivity index (χ2v) is 13.9. The van der Waals surface area contributed by atoms with Crippen LogP contribution in [0.4, 0.5) is 19.0 Å². The second-order valence-electron chi connectivity index (χ2n) is 11.8. The maximum absolute atomic E-state index is 14.3. The van der Waals surface area contributed by atoms with E-state index >= 15 is 0 Å². The number of phenolic OH excluding ortho intramolecular Hbond substituents is 1. The van der Waals surface area contributed by atoms with Crippen LogP contribution in [0.25, 0.3) is 0 Å². The summed E-state index contributed by atoms with van der Waals surface area (Å²) in [5, 5.41) is 11.7. The SMILES string of the molecule is COc1cc(O)cc(OC)c1C1C2=CCC3C(=O)N(N(C)c4nc(C(F)(F)F)ccc4Cl)C(=O)C3C2CC2(Cl)C(=O)N(CBr)C(=O)C12Cl. The molecule has 4 aliphatic rings. The Morgan fingerprint density at radius 2 is 1.69 bits per heavy atom. The van der Waals surface area contributed by atoms with Gasteiger partial charge in [0.15, 0.2) is 15.6 Å². The first-order chi connectivity index (χ1) is 22.5. The summed E-state index contributed by atoms with van der Waals surface area (Å²) in [7, 11) is 3.81. The van der Waals surface area contributed by atoms with E-state index in [1.165, 1.54) is 33.4 Å². The number of amides is 4. The molecule has 2 aliphatic carbocycles. The average molecular weight is 797 g/mol. The number of hydrazine groups is 1. The minimum Gasteiger partial charge on any atom is -0.508 e. The fourth-order valence-electron chi connectivity index (χ4n) is 7.47. The molecule has 6 atom stereocenters. The lowest BCUT2D eigenvalue weighted by atomic mass is 9.56. The number of aromatic nitrogens is 1. The van der Waals surface area contributed by atoms with Gasteiger partial charge in [0.1, 0.15) is 22.9 Å². The summed E-state index contributed by atoms with van der Waals surface area (Å²) in [5.41, 5.74) is -0.982. The van der Waals surface area contributed by atoms with Gasteiger partial charge in [0.05, 0.1) is 36.5 Å². The highest BCUT2D eigenvalue weighted by molar-refractivity contribution is 9.09. The number of carbonyl (C=O) groups is 4. The number of allylic oxidation sites excluding steroid dienone is 2. The largest absolute Gasteiger partial charge is 0.508 e. The minimum absolute atomic E-state index is 0.0394. The van der Waals surface area contributed by atoms with Gasteiger partial charge in [0, 0.05) is 30.7 Å². The molecule has 1 aromatic heterocycles. The van der Waals surface area contributed by atoms with Gasteiger partial charge in [0.2, 0.25) is 0 Å². The Labute approximate surface area is 294 Å². The summed E-state index contributed by atoms with van der Waals surface area (Å²) in [4.78, 5) is 56.3. The van der Waals surface area contributed by atoms with Crippen molar-refractivity contribution in [2.75, 3.05) is 31.7 Å². The minimum atomic E-state index is -4.84. The van der Waals surface area contributed by atoms with Crippen molar-refractivity contribution in [3.05, 3.63) is 52.2 Å². The molecule has 6 unspecified atom stereocenters. The number of pyridine rings is 1. The number of aromatic hydroxyl groups is 1. The Bertz CT molecular complexity index is 1790. The maximum Gasteiger partial charge on any atom is 0.433 e. The molecule has 18 heteroatoms. The summed E-state index contributed by atoms with van der Waals surface area (Å²) in [6.07, 6.45) is -3.57. The summed E-state index contributed by atoms with van der Waals surface area (Å²) >= 11 is 23.9. The molecule has 0 radical (unpaired) electrons. The van der Waals surface area contributed by atoms with Crippen LogP contribution in [0, 0.1) is 17.8 Å². The first kappa shape index (κ1) is 34.6. The highest BCUT2D eigenvalue weighted by Gasteiger charge is 2.77. The zero-order valence-electron chi connectivity index (χ0n) is 25.1. The third-order valence-corrected chi connectivity index (χ3v) is 11.7. The number of likely N-dealkylation sites (tertiary alicyclic amines) is 1. The van der Waals surface area contributed by atoms with Crippen molar-refractivity contribution in [3.8, 4) is 17.2 Å². The van der Waals surface area contributed by atoms with Crippen LogP contribution in [0.1, 0.15) is 30.0 Å². The van der Waals surface area contributed by atoms with E-state index < -0.39 is 74.7 Å². The molecule has 256 valence electrons. The summed E-state index contributed by atoms with van der Waals surface area (Å²) in [6.45, 7) is 0. The molecule has 3 fully saturated rings. The predicted octanol–water partition coefficient (Wildman–Crippen LogP) is 5.24. The van der Waals surface area contributed by atoms with Gasteiger partial charge in [-0.3, -0.25) is 29.1 Å². The number of rotatable bonds is 6. The van der Waals surface area contributed by atoms with E-state index in [0.29, 0.717) is 16.6 Å². The van der Waals surface area contributed by atoms with Crippen LogP contribution in [0.2, 0.25) is 5.02 Å². The Hall–Kier alpha value is -3.27. The number of hydrogen-bond donors (Lipinski definition) is 1. The molecule has 4 amide bonds. The summed E-state index contributed by atoms with van der Waals surface area (Å²) < 4.78 is 51.7. The van der Waals surface area contributed by atoms with Crippen molar-refractivity contribution < 1.29 is 46.9 Å². The van der Waals surface area contributed by atoms with Crippen LogP contribution >= 0.6 is 50.7 Å². The number of imide groups is 2. The molecular formula is C30H25BrCl3F3N4O7. The molecule has 2 aliphatic heterocycles. The Kier molecular flexibility index (Phi) is 8.41. The normalized spacial score (nSPS) is 29.8. The number of phenols is 1. The van der Waals surface area contributed by atoms with Crippen molar-refractivity contribution in [3.63, 3.8) is 0 Å². The quantitative estimate of drug-likeness (QED) is 0.181. The number of ether oxygens (including phenoxy) is 2. The van der Waals surface area contributed by atoms with Crippen molar-refractivity contribution in [2.24, 2.45) is 17.8 Å². The molecule has 1 aromatic carbocycles. The van der Waals surface area contributed by atoms with Gasteiger partial charge < -0.3 is 14.6 Å². The van der Waals surface area contributed by atoms with Crippen LogP contribution in [-0.4, -0.2) is 80.1 Å². The van der Waals surface area contributed by atoms with Crippen molar-refractivity contribution in [2.45, 2.75) is 34.7 Å². The second kappa shape index (κ2) is 11.7. The van der Waals surface area contributed by atoms with E-state index in [9.17, 15) is 37.5 Å². The van der Waals surface area contributed by atoms with Gasteiger partial charge in [-0.2, -0.15) is 18.2 Å². The monoisotopic (exact) mass is 794 g/mol. The van der Waals surface area contributed by atoms with Gasteiger partial charge >= 0.3 is 6.18 Å². The van der Waals surface area contributed by atoms with E-state index in [1.54, 1.807) is 6.08 Å². The maximum atomic E-state index is 14.3. The van der Waals surface area contributed by atoms with Crippen LogP contribution in [-0.2, 0) is 25.4 Å². The molecule has 1 N–H and O–H groups in total. The highest BCUT2D eigenvalue weighted by Crippen LogP contribution is 2.67. The van der Waals surface area contributed by atoms with Gasteiger partial charge in [-0.05, 0) is 30.9 Å². The number of benzene rings is 1. The summed E-state index contributed by atoms with van der Waals surface area (Å²) in [5.74, 6) is -8.33. The Morgan fingerprint density at radius 3 is 2.25 bits per heavy atom. The summed E-state index contributed by atoms with van der Waals surface area (Å²) in [6, 6.07) is 4.16. The highest BCUT2D eigenvalue weighted by atomic mass is 79.9. The molecule has 11 nitrogen and oxygen atoms in total.